The van der Waals surface area contributed by atoms with Crippen molar-refractivity contribution in [2.75, 3.05) is 19.3 Å². The molecule has 1 heterocycles. The summed E-state index contributed by atoms with van der Waals surface area (Å²) in [6.45, 7) is 5.29. The smallest absolute Gasteiger partial charge is 0.255 e. The zero-order chi connectivity index (χ0) is 18.2. The summed E-state index contributed by atoms with van der Waals surface area (Å²) in [4.78, 5) is 12.3. The first-order chi connectivity index (χ1) is 12.0. The maximum atomic E-state index is 12.3. The number of thioether (sulfide) groups is 1. The molecule has 0 aliphatic carbocycles. The largest absolute Gasteiger partial charge is 0.390 e. The lowest BCUT2D eigenvalue weighted by Gasteiger charge is -2.13. The van der Waals surface area contributed by atoms with Gasteiger partial charge in [-0.25, -0.2) is 0 Å². The molecule has 1 atom stereocenters. The van der Waals surface area contributed by atoms with Gasteiger partial charge in [-0.05, 0) is 42.3 Å². The molecule has 0 saturated carbocycles. The minimum atomic E-state index is -0.636. The van der Waals surface area contributed by atoms with E-state index in [0.717, 1.165) is 16.3 Å². The number of carbonyl (C=O) groups excluding carboxylic acids is 1. The van der Waals surface area contributed by atoms with Gasteiger partial charge in [-0.1, -0.05) is 31.2 Å². The van der Waals surface area contributed by atoms with Gasteiger partial charge in [0.25, 0.3) is 5.91 Å². The van der Waals surface area contributed by atoms with E-state index in [-0.39, 0.29) is 12.5 Å². The molecule has 1 aromatic heterocycles. The van der Waals surface area contributed by atoms with E-state index < -0.39 is 6.10 Å². The van der Waals surface area contributed by atoms with Gasteiger partial charge in [0.15, 0.2) is 0 Å². The Kier molecular flexibility index (Phi) is 7.90. The van der Waals surface area contributed by atoms with Gasteiger partial charge in [-0.15, -0.1) is 11.8 Å². The number of amides is 1. The van der Waals surface area contributed by atoms with E-state index in [1.807, 2.05) is 19.2 Å². The molecule has 136 valence electrons. The predicted octanol–water partition coefficient (Wildman–Crippen LogP) is 2.62. The summed E-state index contributed by atoms with van der Waals surface area (Å²) >= 11 is 2.84. The van der Waals surface area contributed by atoms with Gasteiger partial charge >= 0.3 is 0 Å². The number of aliphatic hydroxyl groups is 1. The van der Waals surface area contributed by atoms with Crippen LogP contribution in [0.1, 0.15) is 34.1 Å². The highest BCUT2D eigenvalue weighted by atomic mass is 32.2. The molecule has 7 heteroatoms. The van der Waals surface area contributed by atoms with Crippen LogP contribution in [0.4, 0.5) is 0 Å². The summed E-state index contributed by atoms with van der Waals surface area (Å²) in [5.74, 6) is -0.176. The third-order valence-corrected chi connectivity index (χ3v) is 5.88. The van der Waals surface area contributed by atoms with Crippen LogP contribution < -0.4 is 10.6 Å². The molecule has 2 aromatic rings. The third-order valence-electron chi connectivity index (χ3n) is 3.85. The summed E-state index contributed by atoms with van der Waals surface area (Å²) in [5, 5.41) is 16.1. The summed E-state index contributed by atoms with van der Waals surface area (Å²) in [5.41, 5.74) is 3.85. The second-order valence-corrected chi connectivity index (χ2v) is 7.65. The Morgan fingerprint density at radius 2 is 2.12 bits per heavy atom. The molecule has 0 aliphatic rings. The van der Waals surface area contributed by atoms with Crippen molar-refractivity contribution in [3.05, 3.63) is 46.6 Å². The zero-order valence-electron chi connectivity index (χ0n) is 14.8. The van der Waals surface area contributed by atoms with Crippen LogP contribution in [0.2, 0.25) is 0 Å². The summed E-state index contributed by atoms with van der Waals surface area (Å²) in [6.07, 6.45) is 2.30. The van der Waals surface area contributed by atoms with E-state index >= 15 is 0 Å². The lowest BCUT2D eigenvalue weighted by atomic mass is 10.1. The van der Waals surface area contributed by atoms with Crippen LogP contribution >= 0.6 is 23.3 Å². The normalized spacial score (nSPS) is 12.2. The first-order valence-corrected chi connectivity index (χ1v) is 10.3. The fourth-order valence-corrected chi connectivity index (χ4v) is 3.96. The highest BCUT2D eigenvalue weighted by Crippen LogP contribution is 2.27. The fraction of sp³-hybridized carbons (Fsp3) is 0.444. The Morgan fingerprint density at radius 1 is 1.36 bits per heavy atom. The number of carbonyl (C=O) groups is 1. The summed E-state index contributed by atoms with van der Waals surface area (Å²) in [6, 6.07) is 8.39. The minimum absolute atomic E-state index is 0.176. The monoisotopic (exact) mass is 379 g/mol. The molecule has 0 aliphatic heterocycles. The Labute approximate surface area is 157 Å². The molecule has 0 fully saturated rings. The van der Waals surface area contributed by atoms with Gasteiger partial charge in [0.2, 0.25) is 0 Å². The lowest BCUT2D eigenvalue weighted by molar-refractivity contribution is 0.0912. The number of hydrogen-bond donors (Lipinski definition) is 3. The Bertz CT molecular complexity index is 703. The molecule has 0 radical (unpaired) electrons. The third kappa shape index (κ3) is 5.81. The van der Waals surface area contributed by atoms with E-state index in [9.17, 15) is 9.90 Å². The maximum Gasteiger partial charge on any atom is 0.255 e. The van der Waals surface area contributed by atoms with Crippen LogP contribution in [0.25, 0.3) is 0 Å². The van der Waals surface area contributed by atoms with Crippen molar-refractivity contribution >= 4 is 29.2 Å². The van der Waals surface area contributed by atoms with Crippen LogP contribution in [-0.4, -0.2) is 40.8 Å². The van der Waals surface area contributed by atoms with Crippen molar-refractivity contribution in [2.24, 2.45) is 0 Å². The van der Waals surface area contributed by atoms with E-state index in [4.69, 9.17) is 0 Å². The minimum Gasteiger partial charge on any atom is -0.390 e. The van der Waals surface area contributed by atoms with Gasteiger partial charge in [0.05, 0.1) is 21.6 Å². The number of aryl methyl sites for hydroxylation is 2. The average molecular weight is 380 g/mol. The van der Waals surface area contributed by atoms with E-state index in [1.165, 1.54) is 34.4 Å². The van der Waals surface area contributed by atoms with Crippen molar-refractivity contribution < 1.29 is 9.90 Å². The van der Waals surface area contributed by atoms with Crippen LogP contribution in [0, 0.1) is 6.92 Å². The Hall–Kier alpha value is -1.41. The standard InChI is InChI=1S/C18H25N3O2S2/c1-4-13-6-5-7-14(8-13)9-19-10-15(22)11-20-17(23)16-12(2)21-25-18(16)24-3/h5-8,15,19,22H,4,9-11H2,1-3H3,(H,20,23). The highest BCUT2D eigenvalue weighted by molar-refractivity contribution is 8.00. The van der Waals surface area contributed by atoms with Crippen LogP contribution in [-0.2, 0) is 13.0 Å². The quantitative estimate of drug-likeness (QED) is 0.584. The van der Waals surface area contributed by atoms with Gasteiger partial charge in [-0.2, -0.15) is 4.37 Å². The van der Waals surface area contributed by atoms with Crippen LogP contribution in [0.5, 0.6) is 0 Å². The number of aromatic nitrogens is 1. The zero-order valence-corrected chi connectivity index (χ0v) is 16.5. The molecule has 1 amide bonds. The molecule has 25 heavy (non-hydrogen) atoms. The van der Waals surface area contributed by atoms with E-state index in [0.29, 0.717) is 18.7 Å². The number of hydrogen-bond acceptors (Lipinski definition) is 6. The van der Waals surface area contributed by atoms with Crippen LogP contribution in [0.3, 0.4) is 0 Å². The number of nitrogens with zero attached hydrogens (tertiary/aromatic N) is 1. The molecular weight excluding hydrogens is 354 g/mol. The maximum absolute atomic E-state index is 12.3. The van der Waals surface area contributed by atoms with Gasteiger partial charge < -0.3 is 15.7 Å². The van der Waals surface area contributed by atoms with Gasteiger partial charge in [0.1, 0.15) is 0 Å². The first-order valence-electron chi connectivity index (χ1n) is 8.30. The Morgan fingerprint density at radius 3 is 2.84 bits per heavy atom. The molecule has 3 N–H and O–H groups in total. The number of rotatable bonds is 9. The molecular formula is C18H25N3O2S2. The van der Waals surface area contributed by atoms with Gasteiger partial charge in [0, 0.05) is 19.6 Å². The van der Waals surface area contributed by atoms with Crippen LogP contribution in [0.15, 0.2) is 28.5 Å². The molecule has 1 unspecified atom stereocenters. The van der Waals surface area contributed by atoms with E-state index in [1.54, 1.807) is 0 Å². The Balaban J connectivity index is 1.75. The topological polar surface area (TPSA) is 74.2 Å². The average Bonchev–Trinajstić information content (AvgIpc) is 3.00. The summed E-state index contributed by atoms with van der Waals surface area (Å²) < 4.78 is 5.12. The number of aliphatic hydroxyl groups excluding tert-OH is 1. The summed E-state index contributed by atoms with van der Waals surface area (Å²) in [7, 11) is 0. The van der Waals surface area contributed by atoms with E-state index in [2.05, 4.69) is 40.1 Å². The van der Waals surface area contributed by atoms with Crippen molar-refractivity contribution in [3.63, 3.8) is 0 Å². The molecule has 1 aromatic carbocycles. The second kappa shape index (κ2) is 9.91. The van der Waals surface area contributed by atoms with Gasteiger partial charge in [-0.3, -0.25) is 4.79 Å². The predicted molar refractivity (Wildman–Crippen MR) is 104 cm³/mol. The lowest BCUT2D eigenvalue weighted by Crippen LogP contribution is -2.38. The van der Waals surface area contributed by atoms with Crippen molar-refractivity contribution in [1.29, 1.82) is 0 Å². The van der Waals surface area contributed by atoms with Crippen molar-refractivity contribution in [1.82, 2.24) is 15.0 Å². The molecule has 0 bridgehead atoms. The van der Waals surface area contributed by atoms with Crippen molar-refractivity contribution in [2.45, 2.75) is 37.1 Å². The first kappa shape index (κ1) is 19.9. The SMILES string of the molecule is CCc1cccc(CNCC(O)CNC(=O)c2c(C)nsc2SC)c1. The molecule has 0 saturated heterocycles. The molecule has 0 spiro atoms. The second-order valence-electron chi connectivity index (χ2n) is 5.80. The number of nitrogens with one attached hydrogen (secondary N) is 2. The highest BCUT2D eigenvalue weighted by Gasteiger charge is 2.18. The molecule has 2 rings (SSSR count). The number of benzene rings is 1. The fourth-order valence-electron chi connectivity index (χ4n) is 2.46. The van der Waals surface area contributed by atoms with Crippen molar-refractivity contribution in [3.8, 4) is 0 Å². The molecule has 5 nitrogen and oxygen atoms in total.